The minimum Gasteiger partial charge on any atom is -0.465 e. The van der Waals surface area contributed by atoms with Gasteiger partial charge in [0.1, 0.15) is 17.3 Å². The van der Waals surface area contributed by atoms with Crippen molar-refractivity contribution in [1.82, 2.24) is 0 Å². The van der Waals surface area contributed by atoms with Gasteiger partial charge in [0.25, 0.3) is 0 Å². The summed E-state index contributed by atoms with van der Waals surface area (Å²) in [6.45, 7) is 3.92. The molecule has 2 aromatic heterocycles. The van der Waals surface area contributed by atoms with Gasteiger partial charge in [-0.2, -0.15) is 0 Å². The van der Waals surface area contributed by atoms with Gasteiger partial charge >= 0.3 is 0 Å². The molecule has 0 aliphatic rings. The molecule has 0 saturated heterocycles. The van der Waals surface area contributed by atoms with E-state index in [9.17, 15) is 0 Å². The maximum absolute atomic E-state index is 5.38. The molecule has 0 bridgehead atoms. The third-order valence-corrected chi connectivity index (χ3v) is 1.92. The van der Waals surface area contributed by atoms with E-state index in [1.165, 1.54) is 0 Å². The second kappa shape index (κ2) is 3.58. The summed E-state index contributed by atoms with van der Waals surface area (Å²) in [4.78, 5) is 0. The topological polar surface area (TPSA) is 26.3 Å². The Labute approximate surface area is 82.8 Å². The van der Waals surface area contributed by atoms with Crippen LogP contribution in [0.5, 0.6) is 0 Å². The van der Waals surface area contributed by atoms with Gasteiger partial charge in [-0.1, -0.05) is 0 Å². The predicted octanol–water partition coefficient (Wildman–Crippen LogP) is 3.66. The Morgan fingerprint density at radius 2 is 1.86 bits per heavy atom. The monoisotopic (exact) mass is 188 g/mol. The van der Waals surface area contributed by atoms with Gasteiger partial charge in [0.05, 0.1) is 6.26 Å². The molecular weight excluding hydrogens is 176 g/mol. The maximum atomic E-state index is 5.38. The van der Waals surface area contributed by atoms with Crippen molar-refractivity contribution in [2.75, 3.05) is 0 Å². The predicted molar refractivity (Wildman–Crippen MR) is 55.8 cm³/mol. The van der Waals surface area contributed by atoms with Crippen LogP contribution in [0.25, 0.3) is 12.2 Å². The van der Waals surface area contributed by atoms with Crippen molar-refractivity contribution in [3.8, 4) is 0 Å². The highest BCUT2D eigenvalue weighted by molar-refractivity contribution is 5.64. The van der Waals surface area contributed by atoms with Crippen LogP contribution in [0.1, 0.15) is 22.8 Å². The van der Waals surface area contributed by atoms with Crippen LogP contribution in [0.4, 0.5) is 0 Å². The minimum atomic E-state index is 0.844. The minimum absolute atomic E-state index is 0.844. The fraction of sp³-hybridized carbons (Fsp3) is 0.167. The zero-order chi connectivity index (χ0) is 9.97. The lowest BCUT2D eigenvalue weighted by atomic mass is 10.3. The van der Waals surface area contributed by atoms with E-state index in [0.717, 1.165) is 22.8 Å². The van der Waals surface area contributed by atoms with Crippen LogP contribution in [0, 0.1) is 13.8 Å². The molecule has 2 nitrogen and oxygen atoms in total. The van der Waals surface area contributed by atoms with E-state index >= 15 is 0 Å². The zero-order valence-corrected chi connectivity index (χ0v) is 8.28. The molecule has 0 amide bonds. The normalized spacial score (nSPS) is 11.3. The van der Waals surface area contributed by atoms with Crippen molar-refractivity contribution in [2.24, 2.45) is 0 Å². The number of rotatable bonds is 2. The molecule has 0 radical (unpaired) electrons. The third kappa shape index (κ3) is 1.96. The van der Waals surface area contributed by atoms with Gasteiger partial charge in [-0.3, -0.25) is 0 Å². The summed E-state index contributed by atoms with van der Waals surface area (Å²) in [6, 6.07) is 5.85. The lowest BCUT2D eigenvalue weighted by Gasteiger charge is -1.84. The van der Waals surface area contributed by atoms with Crippen LogP contribution < -0.4 is 0 Å². The SMILES string of the molecule is Cc1coc(C=Cc2ccc(C)o2)c1. The molecule has 0 saturated carbocycles. The van der Waals surface area contributed by atoms with Crippen LogP contribution in [0.2, 0.25) is 0 Å². The Bertz CT molecular complexity index is 404. The van der Waals surface area contributed by atoms with Crippen molar-refractivity contribution in [3.63, 3.8) is 0 Å². The van der Waals surface area contributed by atoms with Crippen molar-refractivity contribution in [2.45, 2.75) is 13.8 Å². The van der Waals surface area contributed by atoms with E-state index < -0.39 is 0 Å². The van der Waals surface area contributed by atoms with Gasteiger partial charge in [0, 0.05) is 0 Å². The summed E-state index contributed by atoms with van der Waals surface area (Å²) in [5.41, 5.74) is 1.13. The first-order chi connectivity index (χ1) is 6.74. The Kier molecular flexibility index (Phi) is 2.27. The Morgan fingerprint density at radius 1 is 1.07 bits per heavy atom. The molecule has 0 N–H and O–H groups in total. The molecule has 0 fully saturated rings. The van der Waals surface area contributed by atoms with Crippen LogP contribution in [-0.2, 0) is 0 Å². The van der Waals surface area contributed by atoms with Crippen molar-refractivity contribution in [1.29, 1.82) is 0 Å². The number of furan rings is 2. The highest BCUT2D eigenvalue weighted by atomic mass is 16.3. The maximum Gasteiger partial charge on any atom is 0.127 e. The smallest absolute Gasteiger partial charge is 0.127 e. The molecule has 0 aliphatic carbocycles. The van der Waals surface area contributed by atoms with Crippen LogP contribution >= 0.6 is 0 Å². The van der Waals surface area contributed by atoms with E-state index in [1.807, 2.05) is 44.2 Å². The summed E-state index contributed by atoms with van der Waals surface area (Å²) in [6.07, 6.45) is 5.52. The lowest BCUT2D eigenvalue weighted by Crippen LogP contribution is -1.63. The lowest BCUT2D eigenvalue weighted by molar-refractivity contribution is 0.524. The number of hydrogen-bond donors (Lipinski definition) is 0. The average Bonchev–Trinajstić information content (AvgIpc) is 2.72. The molecule has 2 heteroatoms. The summed E-state index contributed by atoms with van der Waals surface area (Å²) < 4.78 is 10.6. The third-order valence-electron chi connectivity index (χ3n) is 1.92. The molecule has 0 aliphatic heterocycles. The van der Waals surface area contributed by atoms with Gasteiger partial charge in [-0.15, -0.1) is 0 Å². The Hall–Kier alpha value is -1.70. The van der Waals surface area contributed by atoms with Gasteiger partial charge in [0.2, 0.25) is 0 Å². The van der Waals surface area contributed by atoms with Crippen molar-refractivity contribution < 1.29 is 8.83 Å². The summed E-state index contributed by atoms with van der Waals surface area (Å²) in [5, 5.41) is 0. The average molecular weight is 188 g/mol. The molecule has 2 aromatic rings. The van der Waals surface area contributed by atoms with Crippen LogP contribution in [0.15, 0.2) is 33.3 Å². The number of aryl methyl sites for hydroxylation is 2. The first-order valence-corrected chi connectivity index (χ1v) is 4.54. The highest BCUT2D eigenvalue weighted by Crippen LogP contribution is 2.13. The summed E-state index contributed by atoms with van der Waals surface area (Å²) >= 11 is 0. The molecule has 0 aromatic carbocycles. The van der Waals surface area contributed by atoms with Crippen LogP contribution in [-0.4, -0.2) is 0 Å². The highest BCUT2D eigenvalue weighted by Gasteiger charge is 1.95. The van der Waals surface area contributed by atoms with E-state index in [2.05, 4.69) is 0 Å². The Balaban J connectivity index is 2.14. The largest absolute Gasteiger partial charge is 0.465 e. The fourth-order valence-electron chi connectivity index (χ4n) is 1.25. The van der Waals surface area contributed by atoms with E-state index in [4.69, 9.17) is 8.83 Å². The molecule has 2 heterocycles. The zero-order valence-electron chi connectivity index (χ0n) is 8.28. The molecule has 2 rings (SSSR count). The van der Waals surface area contributed by atoms with Gasteiger partial charge in [0.15, 0.2) is 0 Å². The van der Waals surface area contributed by atoms with E-state index in [0.29, 0.717) is 0 Å². The molecule has 72 valence electrons. The van der Waals surface area contributed by atoms with Crippen molar-refractivity contribution >= 4 is 12.2 Å². The first-order valence-electron chi connectivity index (χ1n) is 4.54. The molecule has 0 atom stereocenters. The summed E-state index contributed by atoms with van der Waals surface area (Å²) in [5.74, 6) is 2.60. The second-order valence-electron chi connectivity index (χ2n) is 3.31. The second-order valence-corrected chi connectivity index (χ2v) is 3.31. The van der Waals surface area contributed by atoms with E-state index in [1.54, 1.807) is 6.26 Å². The van der Waals surface area contributed by atoms with E-state index in [-0.39, 0.29) is 0 Å². The number of hydrogen-bond acceptors (Lipinski definition) is 2. The summed E-state index contributed by atoms with van der Waals surface area (Å²) in [7, 11) is 0. The quantitative estimate of drug-likeness (QED) is 0.718. The molecule has 0 spiro atoms. The van der Waals surface area contributed by atoms with Gasteiger partial charge in [-0.05, 0) is 49.8 Å². The van der Waals surface area contributed by atoms with Crippen molar-refractivity contribution in [3.05, 3.63) is 47.3 Å². The molecule has 14 heavy (non-hydrogen) atoms. The molecular formula is C12H12O2. The van der Waals surface area contributed by atoms with Crippen LogP contribution in [0.3, 0.4) is 0 Å². The Morgan fingerprint density at radius 3 is 2.43 bits per heavy atom. The first kappa shape index (κ1) is 8.88. The van der Waals surface area contributed by atoms with Gasteiger partial charge in [-0.25, -0.2) is 0 Å². The standard InChI is InChI=1S/C12H12O2/c1-9-7-12(13-8-9)6-5-11-4-3-10(2)14-11/h3-8H,1-2H3. The molecule has 0 unspecified atom stereocenters. The van der Waals surface area contributed by atoms with Gasteiger partial charge < -0.3 is 8.83 Å². The fourth-order valence-corrected chi connectivity index (χ4v) is 1.25.